The number of pyridine rings is 1. The van der Waals surface area contributed by atoms with Crippen LogP contribution < -0.4 is 11.2 Å². The highest BCUT2D eigenvalue weighted by atomic mass is 16.4. The van der Waals surface area contributed by atoms with Gasteiger partial charge in [0.1, 0.15) is 0 Å². The van der Waals surface area contributed by atoms with E-state index in [9.17, 15) is 9.59 Å². The summed E-state index contributed by atoms with van der Waals surface area (Å²) in [6.45, 7) is 4.01. The Balaban J connectivity index is 1.82. The van der Waals surface area contributed by atoms with Crippen LogP contribution >= 0.6 is 0 Å². The number of aromatic nitrogens is 2. The Kier molecular flexibility index (Phi) is 3.50. The van der Waals surface area contributed by atoms with E-state index in [1.165, 1.54) is 11.8 Å². The molecule has 0 aliphatic heterocycles. The predicted octanol–water partition coefficient (Wildman–Crippen LogP) is 1.92. The molecule has 2 aromatic heterocycles. The lowest BCUT2D eigenvalue weighted by Crippen LogP contribution is -2.31. The highest BCUT2D eigenvalue weighted by molar-refractivity contribution is 5.87. The summed E-state index contributed by atoms with van der Waals surface area (Å²) in [5.41, 5.74) is 6.33. The van der Waals surface area contributed by atoms with Crippen LogP contribution in [0.3, 0.4) is 0 Å². The SMILES string of the molecule is Cc1ccc(CC(=O)Nn2c(=O)oc3cccnc32)cc1C. The number of hydrogen-bond donors (Lipinski definition) is 1. The van der Waals surface area contributed by atoms with E-state index >= 15 is 0 Å². The van der Waals surface area contributed by atoms with Gasteiger partial charge in [0.25, 0.3) is 0 Å². The third-order valence-corrected chi connectivity index (χ3v) is 3.52. The Hall–Kier alpha value is -2.89. The van der Waals surface area contributed by atoms with E-state index in [0.717, 1.165) is 15.8 Å². The lowest BCUT2D eigenvalue weighted by Gasteiger charge is -2.07. The Morgan fingerprint density at radius 3 is 2.86 bits per heavy atom. The van der Waals surface area contributed by atoms with Crippen LogP contribution in [-0.4, -0.2) is 15.6 Å². The minimum Gasteiger partial charge on any atom is -0.405 e. The summed E-state index contributed by atoms with van der Waals surface area (Å²) in [5, 5.41) is 0. The molecule has 0 unspecified atom stereocenters. The molecular weight excluding hydrogens is 282 g/mol. The van der Waals surface area contributed by atoms with Crippen LogP contribution in [0.25, 0.3) is 11.2 Å². The molecule has 1 N–H and O–H groups in total. The molecule has 0 spiro atoms. The van der Waals surface area contributed by atoms with Crippen molar-refractivity contribution in [2.45, 2.75) is 20.3 Å². The Labute approximate surface area is 126 Å². The van der Waals surface area contributed by atoms with E-state index in [1.54, 1.807) is 12.1 Å². The van der Waals surface area contributed by atoms with Gasteiger partial charge >= 0.3 is 5.76 Å². The Bertz CT molecular complexity index is 908. The van der Waals surface area contributed by atoms with Gasteiger partial charge in [-0.15, -0.1) is 0 Å². The van der Waals surface area contributed by atoms with Crippen molar-refractivity contribution in [1.29, 1.82) is 0 Å². The van der Waals surface area contributed by atoms with Crippen LogP contribution in [0.2, 0.25) is 0 Å². The van der Waals surface area contributed by atoms with Gasteiger partial charge in [0.05, 0.1) is 6.42 Å². The average Bonchev–Trinajstić information content (AvgIpc) is 2.79. The van der Waals surface area contributed by atoms with Crippen molar-refractivity contribution < 1.29 is 9.21 Å². The smallest absolute Gasteiger partial charge is 0.405 e. The third kappa shape index (κ3) is 2.63. The second-order valence-electron chi connectivity index (χ2n) is 5.16. The quantitative estimate of drug-likeness (QED) is 0.801. The third-order valence-electron chi connectivity index (χ3n) is 3.52. The first-order valence-corrected chi connectivity index (χ1v) is 6.87. The molecule has 3 aromatic rings. The maximum atomic E-state index is 12.1. The molecule has 0 aliphatic carbocycles. The topological polar surface area (TPSA) is 77.1 Å². The van der Waals surface area contributed by atoms with E-state index in [4.69, 9.17) is 4.42 Å². The molecule has 0 saturated carbocycles. The highest BCUT2D eigenvalue weighted by Crippen LogP contribution is 2.11. The molecule has 0 bridgehead atoms. The molecule has 1 aromatic carbocycles. The van der Waals surface area contributed by atoms with Gasteiger partial charge in [-0.05, 0) is 42.7 Å². The van der Waals surface area contributed by atoms with Gasteiger partial charge in [0, 0.05) is 6.20 Å². The fourth-order valence-corrected chi connectivity index (χ4v) is 2.22. The highest BCUT2D eigenvalue weighted by Gasteiger charge is 2.13. The van der Waals surface area contributed by atoms with Gasteiger partial charge in [-0.2, -0.15) is 4.68 Å². The number of hydrogen-bond acceptors (Lipinski definition) is 4. The molecule has 112 valence electrons. The van der Waals surface area contributed by atoms with Crippen molar-refractivity contribution in [3.63, 3.8) is 0 Å². The number of nitrogens with one attached hydrogen (secondary N) is 1. The van der Waals surface area contributed by atoms with E-state index in [-0.39, 0.29) is 12.3 Å². The van der Waals surface area contributed by atoms with Crippen LogP contribution in [0.15, 0.2) is 45.7 Å². The van der Waals surface area contributed by atoms with Crippen molar-refractivity contribution in [3.05, 3.63) is 63.8 Å². The maximum Gasteiger partial charge on any atom is 0.440 e. The number of fused-ring (bicyclic) bond motifs is 1. The zero-order chi connectivity index (χ0) is 15.7. The number of aryl methyl sites for hydroxylation is 2. The zero-order valence-corrected chi connectivity index (χ0v) is 12.3. The molecule has 1 amide bonds. The summed E-state index contributed by atoms with van der Waals surface area (Å²) in [5.74, 6) is -0.971. The number of rotatable bonds is 3. The van der Waals surface area contributed by atoms with E-state index < -0.39 is 5.76 Å². The van der Waals surface area contributed by atoms with Gasteiger partial charge in [-0.1, -0.05) is 18.2 Å². The largest absolute Gasteiger partial charge is 0.440 e. The second-order valence-corrected chi connectivity index (χ2v) is 5.16. The van der Waals surface area contributed by atoms with Crippen molar-refractivity contribution >= 4 is 17.1 Å². The fourth-order valence-electron chi connectivity index (χ4n) is 2.22. The van der Waals surface area contributed by atoms with Gasteiger partial charge in [0.15, 0.2) is 5.58 Å². The van der Waals surface area contributed by atoms with Crippen molar-refractivity contribution in [2.75, 3.05) is 5.43 Å². The van der Waals surface area contributed by atoms with E-state index in [2.05, 4.69) is 10.4 Å². The predicted molar refractivity (Wildman–Crippen MR) is 82.3 cm³/mol. The molecule has 6 heteroatoms. The number of nitrogens with zero attached hydrogens (tertiary/aromatic N) is 2. The monoisotopic (exact) mass is 297 g/mol. The molecule has 0 fully saturated rings. The molecule has 0 atom stereocenters. The summed E-state index contributed by atoms with van der Waals surface area (Å²) in [7, 11) is 0. The first-order chi connectivity index (χ1) is 10.5. The molecule has 2 heterocycles. The van der Waals surface area contributed by atoms with Crippen molar-refractivity contribution in [1.82, 2.24) is 9.66 Å². The molecular formula is C16H15N3O3. The van der Waals surface area contributed by atoms with Crippen LogP contribution in [0.4, 0.5) is 0 Å². The number of amides is 1. The van der Waals surface area contributed by atoms with Gasteiger partial charge in [-0.3, -0.25) is 10.2 Å². The van der Waals surface area contributed by atoms with E-state index in [1.807, 2.05) is 32.0 Å². The fraction of sp³-hybridized carbons (Fsp3) is 0.188. The molecule has 0 saturated heterocycles. The second kappa shape index (κ2) is 5.48. The van der Waals surface area contributed by atoms with E-state index in [0.29, 0.717) is 11.2 Å². The zero-order valence-electron chi connectivity index (χ0n) is 12.3. The maximum absolute atomic E-state index is 12.1. The van der Waals surface area contributed by atoms with Crippen molar-refractivity contribution in [2.24, 2.45) is 0 Å². The Morgan fingerprint density at radius 1 is 1.27 bits per heavy atom. The molecule has 0 aliphatic rings. The van der Waals surface area contributed by atoms with Crippen LogP contribution in [0.1, 0.15) is 16.7 Å². The van der Waals surface area contributed by atoms with Gasteiger partial charge in [-0.25, -0.2) is 9.78 Å². The normalized spacial score (nSPS) is 10.8. The number of benzene rings is 1. The van der Waals surface area contributed by atoms with Gasteiger partial charge < -0.3 is 4.42 Å². The molecule has 0 radical (unpaired) electrons. The number of carbonyl (C=O) groups is 1. The minimum atomic E-state index is -0.665. The lowest BCUT2D eigenvalue weighted by molar-refractivity contribution is -0.116. The summed E-state index contributed by atoms with van der Waals surface area (Å²) < 4.78 is 6.04. The van der Waals surface area contributed by atoms with Crippen LogP contribution in [0, 0.1) is 13.8 Å². The lowest BCUT2D eigenvalue weighted by atomic mass is 10.0. The summed E-state index contributed by atoms with van der Waals surface area (Å²) >= 11 is 0. The first-order valence-electron chi connectivity index (χ1n) is 6.87. The first kappa shape index (κ1) is 14.1. The minimum absolute atomic E-state index is 0.174. The molecule has 3 rings (SSSR count). The molecule has 6 nitrogen and oxygen atoms in total. The number of carbonyl (C=O) groups excluding carboxylic acids is 1. The standard InChI is InChI=1S/C16H15N3O3/c1-10-5-6-12(8-11(10)2)9-14(20)18-19-15-13(22-16(19)21)4-3-7-17-15/h3-8H,9H2,1-2H3,(H,18,20). The van der Waals surface area contributed by atoms with Crippen LogP contribution in [-0.2, 0) is 11.2 Å². The number of oxazole rings is 1. The summed E-state index contributed by atoms with van der Waals surface area (Å²) in [6, 6.07) is 9.11. The van der Waals surface area contributed by atoms with Crippen molar-refractivity contribution in [3.8, 4) is 0 Å². The summed E-state index contributed by atoms with van der Waals surface area (Å²) in [6.07, 6.45) is 1.70. The van der Waals surface area contributed by atoms with Gasteiger partial charge in [0.2, 0.25) is 11.6 Å². The molecule has 22 heavy (non-hydrogen) atoms. The van der Waals surface area contributed by atoms with Crippen LogP contribution in [0.5, 0.6) is 0 Å². The summed E-state index contributed by atoms with van der Waals surface area (Å²) in [4.78, 5) is 27.9. The average molecular weight is 297 g/mol. The Morgan fingerprint density at radius 2 is 2.09 bits per heavy atom.